The molecule has 0 aromatic heterocycles. The predicted octanol–water partition coefficient (Wildman–Crippen LogP) is 1.62. The molecule has 0 radical (unpaired) electrons. The normalized spacial score (nSPS) is 14.5. The number of carboxylic acids is 1. The highest BCUT2D eigenvalue weighted by Crippen LogP contribution is 2.32. The zero-order valence-electron chi connectivity index (χ0n) is 10.3. The first kappa shape index (κ1) is 12.7. The van der Waals surface area contributed by atoms with E-state index in [1.54, 1.807) is 0 Å². The number of aliphatic carboxylic acids is 1. The summed E-state index contributed by atoms with van der Waals surface area (Å²) in [5, 5.41) is 11.9. The van der Waals surface area contributed by atoms with Crippen LogP contribution in [0, 0.1) is 5.92 Å². The molecule has 1 aliphatic rings. The summed E-state index contributed by atoms with van der Waals surface area (Å²) in [6.07, 6.45) is 0.189. The van der Waals surface area contributed by atoms with E-state index in [2.05, 4.69) is 5.32 Å². The Bertz CT molecular complexity index is 433. The van der Waals surface area contributed by atoms with Gasteiger partial charge in [-0.05, 0) is 30.2 Å². The van der Waals surface area contributed by atoms with E-state index in [0.717, 1.165) is 17.1 Å². The van der Waals surface area contributed by atoms with E-state index in [1.165, 1.54) is 0 Å². The SMILES string of the molecule is CC(CNCc1ccc2c(c1)OCO2)CC(=O)O. The van der Waals surface area contributed by atoms with E-state index in [9.17, 15) is 4.79 Å². The molecule has 1 heterocycles. The molecular weight excluding hydrogens is 234 g/mol. The lowest BCUT2D eigenvalue weighted by Gasteiger charge is -2.10. The highest BCUT2D eigenvalue weighted by molar-refractivity contribution is 5.66. The zero-order chi connectivity index (χ0) is 13.0. The lowest BCUT2D eigenvalue weighted by atomic mass is 10.1. The van der Waals surface area contributed by atoms with Crippen LogP contribution in [0.2, 0.25) is 0 Å². The van der Waals surface area contributed by atoms with Crippen LogP contribution in [0.4, 0.5) is 0 Å². The van der Waals surface area contributed by atoms with Crippen molar-refractivity contribution in [2.75, 3.05) is 13.3 Å². The molecule has 1 atom stereocenters. The van der Waals surface area contributed by atoms with Gasteiger partial charge >= 0.3 is 5.97 Å². The Hall–Kier alpha value is -1.75. The number of carboxylic acid groups (broad SMARTS) is 1. The van der Waals surface area contributed by atoms with Gasteiger partial charge in [-0.2, -0.15) is 0 Å². The molecule has 5 nitrogen and oxygen atoms in total. The molecule has 5 heteroatoms. The number of carbonyl (C=O) groups is 1. The molecular formula is C13H17NO4. The molecule has 0 saturated heterocycles. The number of benzene rings is 1. The predicted molar refractivity (Wildman–Crippen MR) is 65.7 cm³/mol. The second-order valence-corrected chi connectivity index (χ2v) is 4.52. The maximum Gasteiger partial charge on any atom is 0.303 e. The highest BCUT2D eigenvalue weighted by atomic mass is 16.7. The van der Waals surface area contributed by atoms with Gasteiger partial charge in [0.05, 0.1) is 0 Å². The van der Waals surface area contributed by atoms with E-state index < -0.39 is 5.97 Å². The van der Waals surface area contributed by atoms with E-state index in [4.69, 9.17) is 14.6 Å². The molecule has 1 aliphatic heterocycles. The minimum atomic E-state index is -0.757. The summed E-state index contributed by atoms with van der Waals surface area (Å²) in [5.41, 5.74) is 1.10. The van der Waals surface area contributed by atoms with Gasteiger partial charge in [0.15, 0.2) is 11.5 Å². The number of hydrogen-bond donors (Lipinski definition) is 2. The number of ether oxygens (including phenoxy) is 2. The van der Waals surface area contributed by atoms with Crippen LogP contribution in [0.15, 0.2) is 18.2 Å². The summed E-state index contributed by atoms with van der Waals surface area (Å²) >= 11 is 0. The quantitative estimate of drug-likeness (QED) is 0.804. The molecule has 1 aromatic carbocycles. The molecule has 2 rings (SSSR count). The van der Waals surface area contributed by atoms with Gasteiger partial charge in [-0.25, -0.2) is 0 Å². The molecule has 18 heavy (non-hydrogen) atoms. The highest BCUT2D eigenvalue weighted by Gasteiger charge is 2.13. The second-order valence-electron chi connectivity index (χ2n) is 4.52. The standard InChI is InChI=1S/C13H17NO4/c1-9(4-13(15)16)6-14-7-10-2-3-11-12(5-10)18-8-17-11/h2-3,5,9,14H,4,6-8H2,1H3,(H,15,16). The van der Waals surface area contributed by atoms with Crippen molar-refractivity contribution in [3.05, 3.63) is 23.8 Å². The largest absolute Gasteiger partial charge is 0.481 e. The minimum absolute atomic E-state index is 0.122. The van der Waals surface area contributed by atoms with Gasteiger partial charge in [-0.15, -0.1) is 0 Å². The van der Waals surface area contributed by atoms with Crippen molar-refractivity contribution < 1.29 is 19.4 Å². The number of hydrogen-bond acceptors (Lipinski definition) is 4. The van der Waals surface area contributed by atoms with Crippen molar-refractivity contribution in [3.63, 3.8) is 0 Å². The summed E-state index contributed by atoms with van der Waals surface area (Å²) in [6.45, 7) is 3.57. The van der Waals surface area contributed by atoms with Gasteiger partial charge < -0.3 is 19.9 Å². The van der Waals surface area contributed by atoms with Crippen LogP contribution in [-0.4, -0.2) is 24.4 Å². The molecule has 0 bridgehead atoms. The van der Waals surface area contributed by atoms with E-state index >= 15 is 0 Å². The minimum Gasteiger partial charge on any atom is -0.481 e. The molecule has 98 valence electrons. The Kier molecular flexibility index (Phi) is 4.04. The van der Waals surface area contributed by atoms with Gasteiger partial charge in [0, 0.05) is 13.0 Å². The first-order valence-electron chi connectivity index (χ1n) is 5.96. The molecule has 1 unspecified atom stereocenters. The maximum atomic E-state index is 10.5. The fourth-order valence-electron chi connectivity index (χ4n) is 1.88. The third kappa shape index (κ3) is 3.37. The maximum absolute atomic E-state index is 10.5. The van der Waals surface area contributed by atoms with Gasteiger partial charge in [0.25, 0.3) is 0 Å². The van der Waals surface area contributed by atoms with Crippen LogP contribution in [0.3, 0.4) is 0 Å². The van der Waals surface area contributed by atoms with E-state index in [0.29, 0.717) is 13.1 Å². The smallest absolute Gasteiger partial charge is 0.303 e. The van der Waals surface area contributed by atoms with Crippen molar-refractivity contribution in [2.24, 2.45) is 5.92 Å². The summed E-state index contributed by atoms with van der Waals surface area (Å²) < 4.78 is 10.5. The lowest BCUT2D eigenvalue weighted by Crippen LogP contribution is -2.22. The zero-order valence-corrected chi connectivity index (χ0v) is 10.3. The van der Waals surface area contributed by atoms with Crippen molar-refractivity contribution >= 4 is 5.97 Å². The van der Waals surface area contributed by atoms with Crippen LogP contribution in [-0.2, 0) is 11.3 Å². The van der Waals surface area contributed by atoms with Crippen LogP contribution < -0.4 is 14.8 Å². The summed E-state index contributed by atoms with van der Waals surface area (Å²) in [4.78, 5) is 10.5. The van der Waals surface area contributed by atoms with Crippen LogP contribution in [0.5, 0.6) is 11.5 Å². The third-order valence-electron chi connectivity index (χ3n) is 2.78. The molecule has 2 N–H and O–H groups in total. The molecule has 0 saturated carbocycles. The monoisotopic (exact) mass is 251 g/mol. The first-order valence-corrected chi connectivity index (χ1v) is 5.96. The van der Waals surface area contributed by atoms with Gasteiger partial charge in [0.2, 0.25) is 6.79 Å². The van der Waals surface area contributed by atoms with E-state index in [1.807, 2.05) is 25.1 Å². The Morgan fingerprint density at radius 1 is 1.44 bits per heavy atom. The first-order chi connectivity index (χ1) is 8.65. The summed E-state index contributed by atoms with van der Waals surface area (Å²) in [6, 6.07) is 5.81. The van der Waals surface area contributed by atoms with Gasteiger partial charge in [-0.1, -0.05) is 13.0 Å². The van der Waals surface area contributed by atoms with Gasteiger partial charge in [-0.3, -0.25) is 4.79 Å². The average molecular weight is 251 g/mol. The van der Waals surface area contributed by atoms with Crippen molar-refractivity contribution in [2.45, 2.75) is 19.9 Å². The fraction of sp³-hybridized carbons (Fsp3) is 0.462. The van der Waals surface area contributed by atoms with Crippen LogP contribution >= 0.6 is 0 Å². The van der Waals surface area contributed by atoms with Crippen LogP contribution in [0.25, 0.3) is 0 Å². The molecule has 0 spiro atoms. The molecule has 0 fully saturated rings. The summed E-state index contributed by atoms with van der Waals surface area (Å²) in [5.74, 6) is 0.912. The Morgan fingerprint density at radius 2 is 2.22 bits per heavy atom. The second kappa shape index (κ2) is 5.73. The number of rotatable bonds is 6. The van der Waals surface area contributed by atoms with Crippen molar-refractivity contribution in [3.8, 4) is 11.5 Å². The van der Waals surface area contributed by atoms with Crippen LogP contribution in [0.1, 0.15) is 18.9 Å². The average Bonchev–Trinajstić information content (AvgIpc) is 2.75. The Morgan fingerprint density at radius 3 is 3.00 bits per heavy atom. The topological polar surface area (TPSA) is 67.8 Å². The van der Waals surface area contributed by atoms with Gasteiger partial charge in [0.1, 0.15) is 0 Å². The molecule has 0 aliphatic carbocycles. The third-order valence-corrected chi connectivity index (χ3v) is 2.78. The lowest BCUT2D eigenvalue weighted by molar-refractivity contribution is -0.137. The van der Waals surface area contributed by atoms with E-state index in [-0.39, 0.29) is 19.1 Å². The summed E-state index contributed by atoms with van der Waals surface area (Å²) in [7, 11) is 0. The Balaban J connectivity index is 1.78. The number of nitrogens with one attached hydrogen (secondary N) is 1. The van der Waals surface area contributed by atoms with Crippen molar-refractivity contribution in [1.82, 2.24) is 5.32 Å². The van der Waals surface area contributed by atoms with Crippen molar-refractivity contribution in [1.29, 1.82) is 0 Å². The molecule has 1 aromatic rings. The molecule has 0 amide bonds. The fourth-order valence-corrected chi connectivity index (χ4v) is 1.88. The Labute approximate surface area is 106 Å². The number of fused-ring (bicyclic) bond motifs is 1.